The lowest BCUT2D eigenvalue weighted by molar-refractivity contribution is -0.151. The number of carbonyl (C=O) groups excluding carboxylic acids is 1. The normalized spacial score (nSPS) is 50.5. The fraction of sp³-hybridized carbons (Fsp3) is 0.923. The van der Waals surface area contributed by atoms with Gasteiger partial charge in [-0.25, -0.2) is 0 Å². The monoisotopic (exact) mass is 192 g/mol. The van der Waals surface area contributed by atoms with Gasteiger partial charge in [-0.15, -0.1) is 0 Å². The van der Waals surface area contributed by atoms with Crippen molar-refractivity contribution < 1.29 is 4.79 Å². The van der Waals surface area contributed by atoms with Gasteiger partial charge in [-0.2, -0.15) is 0 Å². The van der Waals surface area contributed by atoms with Crippen molar-refractivity contribution in [2.24, 2.45) is 29.1 Å². The Morgan fingerprint density at radius 1 is 1.14 bits per heavy atom. The molecule has 1 heteroatoms. The van der Waals surface area contributed by atoms with Gasteiger partial charge in [-0.1, -0.05) is 13.8 Å². The second-order valence-corrected chi connectivity index (χ2v) is 6.26. The predicted molar refractivity (Wildman–Crippen MR) is 55.8 cm³/mol. The van der Waals surface area contributed by atoms with E-state index in [0.717, 1.165) is 11.8 Å². The van der Waals surface area contributed by atoms with Gasteiger partial charge in [0.25, 0.3) is 0 Å². The Balaban J connectivity index is 1.96. The molecule has 4 rings (SSSR count). The van der Waals surface area contributed by atoms with Crippen LogP contribution in [0.1, 0.15) is 46.0 Å². The lowest BCUT2D eigenvalue weighted by atomic mass is 9.46. The molecule has 0 aromatic heterocycles. The largest absolute Gasteiger partial charge is 0.299 e. The van der Waals surface area contributed by atoms with E-state index in [9.17, 15) is 4.79 Å². The molecule has 2 unspecified atom stereocenters. The van der Waals surface area contributed by atoms with Crippen LogP contribution in [0.5, 0.6) is 0 Å². The zero-order chi connectivity index (χ0) is 9.92. The molecular formula is C13H20O. The molecule has 4 fully saturated rings. The highest BCUT2D eigenvalue weighted by Gasteiger charge is 2.55. The Kier molecular flexibility index (Phi) is 1.67. The Labute approximate surface area is 86.3 Å². The summed E-state index contributed by atoms with van der Waals surface area (Å²) < 4.78 is 0. The molecule has 2 atom stereocenters. The molecule has 0 aliphatic heterocycles. The Hall–Kier alpha value is -0.330. The molecule has 0 aromatic carbocycles. The first kappa shape index (κ1) is 8.94. The molecule has 4 aliphatic carbocycles. The van der Waals surface area contributed by atoms with E-state index in [4.69, 9.17) is 0 Å². The van der Waals surface area contributed by atoms with Gasteiger partial charge in [0.1, 0.15) is 5.78 Å². The Morgan fingerprint density at radius 3 is 2.21 bits per heavy atom. The minimum Gasteiger partial charge on any atom is -0.299 e. The number of ketones is 1. The third-order valence-corrected chi connectivity index (χ3v) is 5.27. The van der Waals surface area contributed by atoms with E-state index in [2.05, 4.69) is 13.8 Å². The van der Waals surface area contributed by atoms with Crippen molar-refractivity contribution in [1.29, 1.82) is 0 Å². The van der Waals surface area contributed by atoms with Gasteiger partial charge in [-0.3, -0.25) is 4.79 Å². The molecule has 0 N–H and O–H groups in total. The zero-order valence-corrected chi connectivity index (χ0v) is 9.25. The highest BCUT2D eigenvalue weighted by atomic mass is 16.1. The van der Waals surface area contributed by atoms with Gasteiger partial charge in [0.2, 0.25) is 0 Å². The van der Waals surface area contributed by atoms with Crippen molar-refractivity contribution in [2.45, 2.75) is 46.0 Å². The van der Waals surface area contributed by atoms with Crippen LogP contribution in [-0.2, 0) is 4.79 Å². The summed E-state index contributed by atoms with van der Waals surface area (Å²) in [6, 6.07) is 0. The third-order valence-electron chi connectivity index (χ3n) is 5.27. The average molecular weight is 192 g/mol. The second kappa shape index (κ2) is 2.62. The molecule has 78 valence electrons. The van der Waals surface area contributed by atoms with Crippen LogP contribution < -0.4 is 0 Å². The van der Waals surface area contributed by atoms with Crippen LogP contribution in [-0.4, -0.2) is 5.78 Å². The second-order valence-electron chi connectivity index (χ2n) is 6.26. The molecule has 0 amide bonds. The van der Waals surface area contributed by atoms with Crippen LogP contribution in [0.15, 0.2) is 0 Å². The highest BCUT2D eigenvalue weighted by molar-refractivity contribution is 5.85. The zero-order valence-electron chi connectivity index (χ0n) is 9.25. The summed E-state index contributed by atoms with van der Waals surface area (Å²) in [5, 5.41) is 0. The summed E-state index contributed by atoms with van der Waals surface area (Å²) in [6.45, 7) is 4.72. The van der Waals surface area contributed by atoms with E-state index in [-0.39, 0.29) is 0 Å². The molecule has 14 heavy (non-hydrogen) atoms. The van der Waals surface area contributed by atoms with E-state index in [1.165, 1.54) is 32.1 Å². The van der Waals surface area contributed by atoms with Gasteiger partial charge in [0, 0.05) is 11.8 Å². The highest BCUT2D eigenvalue weighted by Crippen LogP contribution is 2.61. The maximum atomic E-state index is 11.9. The summed E-state index contributed by atoms with van der Waals surface area (Å²) in [7, 11) is 0. The van der Waals surface area contributed by atoms with Crippen LogP contribution in [0.2, 0.25) is 0 Å². The summed E-state index contributed by atoms with van der Waals surface area (Å²) in [4.78, 5) is 11.9. The summed E-state index contributed by atoms with van der Waals surface area (Å²) in [5.74, 6) is 3.22. The fourth-order valence-corrected chi connectivity index (χ4v) is 4.51. The van der Waals surface area contributed by atoms with Gasteiger partial charge in [0.15, 0.2) is 0 Å². The number of carbonyl (C=O) groups is 1. The first-order chi connectivity index (χ1) is 6.61. The smallest absolute Gasteiger partial charge is 0.139 e. The van der Waals surface area contributed by atoms with Crippen molar-refractivity contribution in [3.05, 3.63) is 0 Å². The molecule has 0 aromatic rings. The first-order valence-corrected chi connectivity index (χ1v) is 6.14. The third kappa shape index (κ3) is 0.988. The maximum Gasteiger partial charge on any atom is 0.139 e. The van der Waals surface area contributed by atoms with E-state index >= 15 is 0 Å². The van der Waals surface area contributed by atoms with Crippen molar-refractivity contribution >= 4 is 5.78 Å². The number of Topliss-reactive ketones (excluding diaryl/α,β-unsaturated/α-hetero) is 1. The van der Waals surface area contributed by atoms with E-state index < -0.39 is 0 Å². The van der Waals surface area contributed by atoms with Gasteiger partial charge in [0.05, 0.1) is 0 Å². The molecular weight excluding hydrogens is 172 g/mol. The van der Waals surface area contributed by atoms with Crippen molar-refractivity contribution in [1.82, 2.24) is 0 Å². The standard InChI is InChI=1S/C13H20O/c1-8(2)13-5-9-3-10(6-13)12(14)11(4-9)7-13/h8-11H,3-7H2,1-2H3. The van der Waals surface area contributed by atoms with Crippen molar-refractivity contribution in [3.63, 3.8) is 0 Å². The molecule has 0 spiro atoms. The minimum absolute atomic E-state index is 0.462. The molecule has 4 aliphatic rings. The van der Waals surface area contributed by atoms with Crippen LogP contribution >= 0.6 is 0 Å². The van der Waals surface area contributed by atoms with Crippen LogP contribution in [0.25, 0.3) is 0 Å². The lowest BCUT2D eigenvalue weighted by Crippen LogP contribution is -2.53. The molecule has 0 saturated heterocycles. The average Bonchev–Trinajstić information content (AvgIpc) is 2.12. The summed E-state index contributed by atoms with van der Waals surface area (Å²) >= 11 is 0. The van der Waals surface area contributed by atoms with Crippen molar-refractivity contribution in [2.75, 3.05) is 0 Å². The molecule has 1 nitrogen and oxygen atoms in total. The molecule has 4 saturated carbocycles. The first-order valence-electron chi connectivity index (χ1n) is 6.14. The Morgan fingerprint density at radius 2 is 1.71 bits per heavy atom. The molecule has 4 bridgehead atoms. The van der Waals surface area contributed by atoms with E-state index in [0.29, 0.717) is 23.0 Å². The Bertz CT molecular complexity index is 261. The quantitative estimate of drug-likeness (QED) is 0.624. The van der Waals surface area contributed by atoms with Gasteiger partial charge < -0.3 is 0 Å². The van der Waals surface area contributed by atoms with E-state index in [1.807, 2.05) is 0 Å². The number of hydrogen-bond acceptors (Lipinski definition) is 1. The number of hydrogen-bond donors (Lipinski definition) is 0. The topological polar surface area (TPSA) is 17.1 Å². The van der Waals surface area contributed by atoms with Crippen molar-refractivity contribution in [3.8, 4) is 0 Å². The minimum atomic E-state index is 0.462. The van der Waals surface area contributed by atoms with Gasteiger partial charge >= 0.3 is 0 Å². The van der Waals surface area contributed by atoms with E-state index in [1.54, 1.807) is 0 Å². The SMILES string of the molecule is CC(C)C12CC3CC(C1)C(=O)C(C3)C2. The summed E-state index contributed by atoms with van der Waals surface area (Å²) in [5.41, 5.74) is 0.560. The van der Waals surface area contributed by atoms with Crippen LogP contribution in [0, 0.1) is 29.1 Å². The number of rotatable bonds is 1. The summed E-state index contributed by atoms with van der Waals surface area (Å²) in [6.07, 6.45) is 6.31. The molecule has 0 radical (unpaired) electrons. The lowest BCUT2D eigenvalue weighted by Gasteiger charge is -2.57. The molecule has 0 heterocycles. The van der Waals surface area contributed by atoms with Crippen LogP contribution in [0.3, 0.4) is 0 Å². The van der Waals surface area contributed by atoms with Gasteiger partial charge in [-0.05, 0) is 49.4 Å². The van der Waals surface area contributed by atoms with Crippen LogP contribution in [0.4, 0.5) is 0 Å². The predicted octanol–water partition coefficient (Wildman–Crippen LogP) is 3.04. The fourth-order valence-electron chi connectivity index (χ4n) is 4.51. The maximum absolute atomic E-state index is 11.9.